The van der Waals surface area contributed by atoms with Crippen molar-refractivity contribution in [3.63, 3.8) is 0 Å². The van der Waals surface area contributed by atoms with Crippen LogP contribution in [0.5, 0.6) is 0 Å². The minimum absolute atomic E-state index is 0. The van der Waals surface area contributed by atoms with Gasteiger partial charge in [-0.1, -0.05) is 48.0 Å². The number of hydrogen-bond donors (Lipinski definition) is 1. The maximum atomic E-state index is 4.50. The Hall–Kier alpha value is 1.06. The van der Waals surface area contributed by atoms with Crippen LogP contribution in [0.2, 0.25) is 0 Å². The predicted octanol–water partition coefficient (Wildman–Crippen LogP) is 3.04. The normalized spacial score (nSPS) is 3.60. The second-order valence-corrected chi connectivity index (χ2v) is 0.707. The summed E-state index contributed by atoms with van der Waals surface area (Å²) in [4.78, 5) is 0. The average molecular weight is 224 g/mol. The molecule has 0 amide bonds. The smallest absolute Gasteiger partial charge is 0 e. The Morgan fingerprint density at radius 1 is 0.800 bits per heavy atom. The third-order valence-corrected chi connectivity index (χ3v) is 0. The van der Waals surface area contributed by atoms with Gasteiger partial charge in [0.15, 0.2) is 0 Å². The molecule has 0 bridgehead atoms. The van der Waals surface area contributed by atoms with Crippen molar-refractivity contribution in [2.75, 3.05) is 7.05 Å². The van der Waals surface area contributed by atoms with Crippen LogP contribution in [-0.4, -0.2) is 7.05 Å². The Morgan fingerprint density at radius 3 is 0.800 bits per heavy atom. The molecule has 0 atom stereocenters. The predicted molar refractivity (Wildman–Crippen MR) is 48.8 cm³/mol. The number of nitrogens with two attached hydrogens (primary N) is 1. The van der Waals surface area contributed by atoms with Gasteiger partial charge in [0.25, 0.3) is 0 Å². The van der Waals surface area contributed by atoms with Crippen LogP contribution in [0, 0.1) is 0 Å². The number of hydrogen-bond acceptors (Lipinski definition) is 1. The molecule has 2 heteroatoms. The van der Waals surface area contributed by atoms with Crippen molar-refractivity contribution in [2.45, 2.75) is 48.0 Å². The fourth-order valence-corrected chi connectivity index (χ4v) is 0. The maximum absolute atomic E-state index is 4.50. The average Bonchev–Trinajstić information content (AvgIpc) is 2.01. The molecular formula is C8H25NY. The fraction of sp³-hybridized carbons (Fsp3) is 1.00. The van der Waals surface area contributed by atoms with E-state index in [1.165, 1.54) is 13.5 Å². The Kier molecular flexibility index (Phi) is 592. The van der Waals surface area contributed by atoms with E-state index in [0.29, 0.717) is 0 Å². The summed E-state index contributed by atoms with van der Waals surface area (Å²) in [7, 11) is 1.50. The molecule has 0 rings (SSSR count). The molecule has 0 fully saturated rings. The van der Waals surface area contributed by atoms with Gasteiger partial charge in [-0.15, -0.1) is 0 Å². The molecule has 0 unspecified atom stereocenters. The van der Waals surface area contributed by atoms with Gasteiger partial charge < -0.3 is 5.73 Å². The van der Waals surface area contributed by atoms with Crippen LogP contribution < -0.4 is 5.73 Å². The van der Waals surface area contributed by atoms with Crippen molar-refractivity contribution in [2.24, 2.45) is 5.73 Å². The van der Waals surface area contributed by atoms with Crippen molar-refractivity contribution < 1.29 is 32.7 Å². The van der Waals surface area contributed by atoms with E-state index in [1.807, 2.05) is 27.7 Å². The molecule has 0 aliphatic heterocycles. The molecule has 0 saturated heterocycles. The van der Waals surface area contributed by atoms with E-state index in [0.717, 1.165) is 0 Å². The van der Waals surface area contributed by atoms with Crippen molar-refractivity contribution in [1.29, 1.82) is 0 Å². The maximum Gasteiger partial charge on any atom is 0 e. The van der Waals surface area contributed by atoms with Gasteiger partial charge in [-0.25, -0.2) is 0 Å². The standard InChI is InChI=1S/C3H8.2C2H6.CH5N.Y/c1-3-2;3*1-2;/h3H2,1-2H3;2*1-2H3;2H2,1H3;. The van der Waals surface area contributed by atoms with Crippen molar-refractivity contribution in [3.8, 4) is 0 Å². The third-order valence-electron chi connectivity index (χ3n) is 0. The summed E-state index contributed by atoms with van der Waals surface area (Å²) in [6, 6.07) is 0. The Morgan fingerprint density at radius 2 is 0.800 bits per heavy atom. The monoisotopic (exact) mass is 224 g/mol. The van der Waals surface area contributed by atoms with E-state index >= 15 is 0 Å². The summed E-state index contributed by atoms with van der Waals surface area (Å²) in [6.07, 6.45) is 1.25. The molecule has 0 aromatic carbocycles. The topological polar surface area (TPSA) is 26.0 Å². The SMILES string of the molecule is CC.CC.CCC.CN.[Y]. The zero-order chi connectivity index (χ0) is 8.71. The Bertz CT molecular complexity index is 9.22. The first-order valence-corrected chi connectivity index (χ1v) is 3.99. The van der Waals surface area contributed by atoms with Gasteiger partial charge in [0, 0.05) is 32.7 Å². The molecule has 0 aliphatic rings. The molecule has 1 nitrogen and oxygen atoms in total. The molecule has 0 aromatic heterocycles. The molecule has 65 valence electrons. The molecule has 0 aliphatic carbocycles. The van der Waals surface area contributed by atoms with Crippen LogP contribution in [0.25, 0.3) is 0 Å². The van der Waals surface area contributed by atoms with E-state index < -0.39 is 0 Å². The van der Waals surface area contributed by atoms with E-state index in [-0.39, 0.29) is 32.7 Å². The van der Waals surface area contributed by atoms with Crippen LogP contribution in [-0.2, 0) is 32.7 Å². The fourth-order valence-electron chi connectivity index (χ4n) is 0. The summed E-state index contributed by atoms with van der Waals surface area (Å²) in [6.45, 7) is 12.2. The summed E-state index contributed by atoms with van der Waals surface area (Å²) in [5.74, 6) is 0. The summed E-state index contributed by atoms with van der Waals surface area (Å²) >= 11 is 0. The quantitative estimate of drug-likeness (QED) is 0.672. The Labute approximate surface area is 93.0 Å². The van der Waals surface area contributed by atoms with Gasteiger partial charge in [-0.2, -0.15) is 0 Å². The molecule has 2 N–H and O–H groups in total. The Balaban J connectivity index is -0.0000000110. The largest absolute Gasteiger partial charge is 0.333 e. The summed E-state index contributed by atoms with van der Waals surface area (Å²) in [5, 5.41) is 0. The van der Waals surface area contributed by atoms with Crippen molar-refractivity contribution in [1.82, 2.24) is 0 Å². The first kappa shape index (κ1) is 30.5. The van der Waals surface area contributed by atoms with Crippen LogP contribution in [0.15, 0.2) is 0 Å². The van der Waals surface area contributed by atoms with E-state index in [9.17, 15) is 0 Å². The van der Waals surface area contributed by atoms with Crippen LogP contribution >= 0.6 is 0 Å². The van der Waals surface area contributed by atoms with Crippen molar-refractivity contribution in [3.05, 3.63) is 0 Å². The number of rotatable bonds is 0. The van der Waals surface area contributed by atoms with E-state index in [1.54, 1.807) is 0 Å². The zero-order valence-corrected chi connectivity index (χ0v) is 11.7. The van der Waals surface area contributed by atoms with Crippen LogP contribution in [0.1, 0.15) is 48.0 Å². The first-order chi connectivity index (χ1) is 4.41. The zero-order valence-electron chi connectivity index (χ0n) is 8.86. The first-order valence-electron chi connectivity index (χ1n) is 3.99. The van der Waals surface area contributed by atoms with Gasteiger partial charge in [-0.05, 0) is 7.05 Å². The molecule has 0 saturated carbocycles. The van der Waals surface area contributed by atoms with Crippen molar-refractivity contribution >= 4 is 0 Å². The van der Waals surface area contributed by atoms with Gasteiger partial charge in [0.05, 0.1) is 0 Å². The molecular weight excluding hydrogens is 199 g/mol. The van der Waals surface area contributed by atoms with Gasteiger partial charge in [0.2, 0.25) is 0 Å². The van der Waals surface area contributed by atoms with Crippen LogP contribution in [0.4, 0.5) is 0 Å². The molecule has 1 radical (unpaired) electrons. The second kappa shape index (κ2) is 194. The van der Waals surface area contributed by atoms with E-state index in [2.05, 4.69) is 19.6 Å². The van der Waals surface area contributed by atoms with E-state index in [4.69, 9.17) is 0 Å². The van der Waals surface area contributed by atoms with Gasteiger partial charge in [0.1, 0.15) is 0 Å². The molecule has 10 heavy (non-hydrogen) atoms. The van der Waals surface area contributed by atoms with Gasteiger partial charge in [-0.3, -0.25) is 0 Å². The summed E-state index contributed by atoms with van der Waals surface area (Å²) in [5.41, 5.74) is 4.50. The molecule has 0 aromatic rings. The molecule has 0 spiro atoms. The third kappa shape index (κ3) is 521. The summed E-state index contributed by atoms with van der Waals surface area (Å²) < 4.78 is 0. The minimum atomic E-state index is 0. The van der Waals surface area contributed by atoms with Crippen LogP contribution in [0.3, 0.4) is 0 Å². The minimum Gasteiger partial charge on any atom is -0.333 e. The van der Waals surface area contributed by atoms with Gasteiger partial charge >= 0.3 is 0 Å². The molecule has 0 heterocycles. The second-order valence-electron chi connectivity index (χ2n) is 0.707.